The molecule has 0 unspecified atom stereocenters. The molecule has 0 aliphatic carbocycles. The normalized spacial score (nSPS) is 15.0. The van der Waals surface area contributed by atoms with Gasteiger partial charge in [0.25, 0.3) is 0 Å². The maximum absolute atomic E-state index is 12.5. The quantitative estimate of drug-likeness (QED) is 0.301. The third-order valence-electron chi connectivity index (χ3n) is 5.29. The lowest BCUT2D eigenvalue weighted by atomic mass is 10.2. The summed E-state index contributed by atoms with van der Waals surface area (Å²) < 4.78 is 28.3. The van der Waals surface area contributed by atoms with Gasteiger partial charge < -0.3 is 20.6 Å². The van der Waals surface area contributed by atoms with Gasteiger partial charge in [-0.1, -0.05) is 6.92 Å². The number of amides is 1. The topological polar surface area (TPSA) is 137 Å². The van der Waals surface area contributed by atoms with Gasteiger partial charge in [0.1, 0.15) is 5.82 Å². The van der Waals surface area contributed by atoms with Crippen molar-refractivity contribution in [3.8, 4) is 0 Å². The minimum atomic E-state index is -3.64. The van der Waals surface area contributed by atoms with Gasteiger partial charge in [0.15, 0.2) is 0 Å². The Bertz CT molecular complexity index is 1050. The number of aliphatic hydroxyl groups excluding tert-OH is 1. The molecule has 1 saturated heterocycles. The van der Waals surface area contributed by atoms with E-state index in [9.17, 15) is 18.3 Å². The summed E-state index contributed by atoms with van der Waals surface area (Å²) >= 11 is 3.39. The predicted molar refractivity (Wildman–Crippen MR) is 130 cm³/mol. The van der Waals surface area contributed by atoms with Crippen LogP contribution in [0, 0.1) is 0 Å². The van der Waals surface area contributed by atoms with Crippen LogP contribution in [0.5, 0.6) is 0 Å². The molecule has 1 aromatic carbocycles. The summed E-state index contributed by atoms with van der Waals surface area (Å²) in [6, 6.07) is 6.16. The maximum atomic E-state index is 12.5. The molecule has 0 radical (unpaired) electrons. The van der Waals surface area contributed by atoms with Gasteiger partial charge in [-0.3, -0.25) is 4.79 Å². The highest BCUT2D eigenvalue weighted by atomic mass is 79.9. The zero-order chi connectivity index (χ0) is 23.8. The van der Waals surface area contributed by atoms with Crippen molar-refractivity contribution in [1.29, 1.82) is 0 Å². The molecule has 33 heavy (non-hydrogen) atoms. The Balaban J connectivity index is 1.56. The maximum Gasteiger partial charge on any atom is 0.240 e. The fraction of sp³-hybridized carbons (Fsp3) is 0.476. The smallest absolute Gasteiger partial charge is 0.240 e. The fourth-order valence-electron chi connectivity index (χ4n) is 3.35. The van der Waals surface area contributed by atoms with Crippen LogP contribution in [-0.2, 0) is 14.8 Å². The van der Waals surface area contributed by atoms with Gasteiger partial charge in [0, 0.05) is 37.9 Å². The number of carbonyl (C=O) groups excluding carboxylic acids is 1. The Morgan fingerprint density at radius 1 is 1.27 bits per heavy atom. The molecule has 12 heteroatoms. The van der Waals surface area contributed by atoms with E-state index in [1.807, 2.05) is 6.92 Å². The molecule has 0 spiro atoms. The molecular weight excluding hydrogens is 512 g/mol. The summed E-state index contributed by atoms with van der Waals surface area (Å²) in [5.74, 6) is 1.02. The van der Waals surface area contributed by atoms with Crippen LogP contribution in [0.15, 0.2) is 39.8 Å². The number of halogens is 1. The van der Waals surface area contributed by atoms with Crippen molar-refractivity contribution in [3.05, 3.63) is 34.9 Å². The first kappa shape index (κ1) is 25.3. The number of hydrogen-bond donors (Lipinski definition) is 4. The predicted octanol–water partition coefficient (Wildman–Crippen LogP) is 2.46. The second-order valence-corrected chi connectivity index (χ2v) is 10.3. The summed E-state index contributed by atoms with van der Waals surface area (Å²) in [6.45, 7) is 3.52. The molecular formula is C21H29BrN6O4S. The zero-order valence-electron chi connectivity index (χ0n) is 18.4. The molecule has 180 valence electrons. The first-order valence-corrected chi connectivity index (χ1v) is 13.1. The number of anilines is 3. The van der Waals surface area contributed by atoms with Gasteiger partial charge in [-0.05, 0) is 59.5 Å². The Hall–Kier alpha value is -2.28. The van der Waals surface area contributed by atoms with E-state index in [4.69, 9.17) is 0 Å². The Morgan fingerprint density at radius 2 is 2.03 bits per heavy atom. The van der Waals surface area contributed by atoms with E-state index in [1.54, 1.807) is 23.2 Å². The molecule has 3 rings (SSSR count). The Labute approximate surface area is 202 Å². The first-order chi connectivity index (χ1) is 15.8. The van der Waals surface area contributed by atoms with E-state index in [2.05, 4.69) is 41.3 Å². The van der Waals surface area contributed by atoms with Crippen molar-refractivity contribution in [2.75, 3.05) is 36.9 Å². The standard InChI is InChI=1S/C21H29BrN6O4S/c1-2-15(14-29)25-20-18(22)13-23-21(27-20)26-16-6-8-17(9-7-16)33(31,32)24-10-4-12-28-11-3-5-19(28)30/h6-9,13,15,24,29H,2-5,10-12,14H2,1H3,(H2,23,25,26,27)/t15-/m1/s1. The number of benzene rings is 1. The van der Waals surface area contributed by atoms with Gasteiger partial charge in [0.2, 0.25) is 21.9 Å². The van der Waals surface area contributed by atoms with E-state index in [-0.39, 0.29) is 30.0 Å². The molecule has 1 fully saturated rings. The number of nitrogens with one attached hydrogen (secondary N) is 3. The summed E-state index contributed by atoms with van der Waals surface area (Å²) in [4.78, 5) is 22.2. The Morgan fingerprint density at radius 3 is 2.67 bits per heavy atom. The first-order valence-electron chi connectivity index (χ1n) is 10.9. The largest absolute Gasteiger partial charge is 0.394 e. The van der Waals surface area contributed by atoms with E-state index >= 15 is 0 Å². The van der Waals surface area contributed by atoms with Gasteiger partial charge in [0.05, 0.1) is 22.0 Å². The molecule has 1 aliphatic rings. The number of likely N-dealkylation sites (tertiary alicyclic amines) is 1. The summed E-state index contributed by atoms with van der Waals surface area (Å²) in [5, 5.41) is 15.6. The van der Waals surface area contributed by atoms with E-state index in [0.29, 0.717) is 41.3 Å². The monoisotopic (exact) mass is 540 g/mol. The molecule has 1 aliphatic heterocycles. The molecule has 1 atom stereocenters. The summed E-state index contributed by atoms with van der Waals surface area (Å²) in [5.41, 5.74) is 0.629. The van der Waals surface area contributed by atoms with Crippen molar-refractivity contribution < 1.29 is 18.3 Å². The van der Waals surface area contributed by atoms with Gasteiger partial charge >= 0.3 is 0 Å². The van der Waals surface area contributed by atoms with Crippen LogP contribution in [0.3, 0.4) is 0 Å². The second-order valence-electron chi connectivity index (χ2n) is 7.71. The van der Waals surface area contributed by atoms with Crippen LogP contribution in [0.25, 0.3) is 0 Å². The van der Waals surface area contributed by atoms with Crippen molar-refractivity contribution in [1.82, 2.24) is 19.6 Å². The van der Waals surface area contributed by atoms with Crippen molar-refractivity contribution in [3.63, 3.8) is 0 Å². The third kappa shape index (κ3) is 7.10. The number of nitrogens with zero attached hydrogens (tertiary/aromatic N) is 3. The van der Waals surface area contributed by atoms with Crippen LogP contribution >= 0.6 is 15.9 Å². The van der Waals surface area contributed by atoms with E-state index in [0.717, 1.165) is 19.4 Å². The van der Waals surface area contributed by atoms with Gasteiger partial charge in [-0.2, -0.15) is 4.98 Å². The average molecular weight is 541 g/mol. The average Bonchev–Trinajstić information content (AvgIpc) is 3.22. The number of hydrogen-bond acceptors (Lipinski definition) is 8. The lowest BCUT2D eigenvalue weighted by Crippen LogP contribution is -2.30. The number of carbonyl (C=O) groups is 1. The molecule has 1 aromatic heterocycles. The van der Waals surface area contributed by atoms with Crippen LogP contribution in [-0.4, -0.2) is 66.6 Å². The highest BCUT2D eigenvalue weighted by Crippen LogP contribution is 2.23. The molecule has 0 saturated carbocycles. The molecule has 1 amide bonds. The summed E-state index contributed by atoms with van der Waals surface area (Å²) in [6.07, 6.45) is 4.35. The lowest BCUT2D eigenvalue weighted by molar-refractivity contribution is -0.127. The number of sulfonamides is 1. The minimum Gasteiger partial charge on any atom is -0.394 e. The lowest BCUT2D eigenvalue weighted by Gasteiger charge is -2.16. The molecule has 4 N–H and O–H groups in total. The SMILES string of the molecule is CC[C@H](CO)Nc1nc(Nc2ccc(S(=O)(=O)NCCCN3CCCC3=O)cc2)ncc1Br. The van der Waals surface area contributed by atoms with E-state index in [1.165, 1.54) is 12.1 Å². The van der Waals surface area contributed by atoms with Crippen LogP contribution in [0.4, 0.5) is 17.5 Å². The van der Waals surface area contributed by atoms with Crippen LogP contribution in [0.1, 0.15) is 32.6 Å². The third-order valence-corrected chi connectivity index (χ3v) is 7.34. The molecule has 2 heterocycles. The summed E-state index contributed by atoms with van der Waals surface area (Å²) in [7, 11) is -3.64. The molecule has 0 bridgehead atoms. The van der Waals surface area contributed by atoms with Crippen LogP contribution < -0.4 is 15.4 Å². The number of rotatable bonds is 12. The number of aromatic nitrogens is 2. The molecule has 2 aromatic rings. The Kier molecular flexibility index (Phi) is 9.01. The second kappa shape index (κ2) is 11.7. The van der Waals surface area contributed by atoms with Gasteiger partial charge in [-0.15, -0.1) is 0 Å². The van der Waals surface area contributed by atoms with Crippen LogP contribution in [0.2, 0.25) is 0 Å². The van der Waals surface area contributed by atoms with Gasteiger partial charge in [-0.25, -0.2) is 18.1 Å². The highest BCUT2D eigenvalue weighted by molar-refractivity contribution is 9.10. The fourth-order valence-corrected chi connectivity index (χ4v) is 4.73. The van der Waals surface area contributed by atoms with E-state index < -0.39 is 10.0 Å². The van der Waals surface area contributed by atoms with Crippen molar-refractivity contribution >= 4 is 49.3 Å². The molecule has 10 nitrogen and oxygen atoms in total. The highest BCUT2D eigenvalue weighted by Gasteiger charge is 2.20. The zero-order valence-corrected chi connectivity index (χ0v) is 20.8. The number of aliphatic hydroxyl groups is 1. The van der Waals surface area contributed by atoms with Crippen molar-refractivity contribution in [2.24, 2.45) is 0 Å². The van der Waals surface area contributed by atoms with Crippen molar-refractivity contribution in [2.45, 2.75) is 43.5 Å². The minimum absolute atomic E-state index is 0.0178.